The fourth-order valence-electron chi connectivity index (χ4n) is 3.04. The van der Waals surface area contributed by atoms with Gasteiger partial charge in [-0.1, -0.05) is 25.1 Å². The summed E-state index contributed by atoms with van der Waals surface area (Å²) in [6, 6.07) is 12.6. The van der Waals surface area contributed by atoms with E-state index >= 15 is 0 Å². The van der Waals surface area contributed by atoms with Crippen LogP contribution in [0.5, 0.6) is 0 Å². The van der Waals surface area contributed by atoms with E-state index in [2.05, 4.69) is 39.6 Å². The number of carbonyl (C=O) groups is 1. The highest BCUT2D eigenvalue weighted by atomic mass is 16.1. The molecule has 2 aromatic rings. The molecule has 1 aliphatic heterocycles. The number of carbonyl (C=O) groups excluding carboxylic acids is 1. The van der Waals surface area contributed by atoms with Crippen LogP contribution in [0.1, 0.15) is 19.8 Å². The van der Waals surface area contributed by atoms with Crippen molar-refractivity contribution in [3.63, 3.8) is 0 Å². The second-order valence-electron chi connectivity index (χ2n) is 6.23. The summed E-state index contributed by atoms with van der Waals surface area (Å²) < 4.78 is 1.81. The minimum absolute atomic E-state index is 0.0675. The maximum atomic E-state index is 12.3. The highest BCUT2D eigenvalue weighted by Gasteiger charge is 2.23. The molecule has 1 amide bonds. The maximum Gasteiger partial charge on any atom is 0.224 e. The van der Waals surface area contributed by atoms with Crippen LogP contribution in [0.3, 0.4) is 0 Å². The molecule has 1 aromatic carbocycles. The quantitative estimate of drug-likeness (QED) is 0.922. The number of hydrogen-bond acceptors (Lipinski definition) is 3. The highest BCUT2D eigenvalue weighted by molar-refractivity contribution is 5.78. The summed E-state index contributed by atoms with van der Waals surface area (Å²) in [7, 11) is 0. The van der Waals surface area contributed by atoms with Gasteiger partial charge in [-0.25, -0.2) is 0 Å². The van der Waals surface area contributed by atoms with Crippen molar-refractivity contribution in [3.05, 3.63) is 48.8 Å². The van der Waals surface area contributed by atoms with Gasteiger partial charge in [0.2, 0.25) is 5.91 Å². The summed E-state index contributed by atoms with van der Waals surface area (Å²) >= 11 is 0. The Morgan fingerprint density at radius 2 is 2.00 bits per heavy atom. The lowest BCUT2D eigenvalue weighted by Gasteiger charge is -2.34. The van der Waals surface area contributed by atoms with E-state index in [4.69, 9.17) is 0 Å². The van der Waals surface area contributed by atoms with Gasteiger partial charge in [-0.3, -0.25) is 9.48 Å². The summed E-state index contributed by atoms with van der Waals surface area (Å²) in [6.07, 6.45) is 5.62. The first-order valence-electron chi connectivity index (χ1n) is 8.30. The van der Waals surface area contributed by atoms with Crippen LogP contribution in [0, 0.1) is 5.92 Å². The molecule has 0 bridgehead atoms. The van der Waals surface area contributed by atoms with Gasteiger partial charge in [-0.05, 0) is 31.0 Å². The monoisotopic (exact) mass is 312 g/mol. The topological polar surface area (TPSA) is 50.2 Å². The number of nitrogens with zero attached hydrogens (tertiary/aromatic N) is 3. The second kappa shape index (κ2) is 7.31. The lowest BCUT2D eigenvalue weighted by Crippen LogP contribution is -2.46. The first-order chi connectivity index (χ1) is 11.2. The number of piperidine rings is 1. The number of amides is 1. The molecular weight excluding hydrogens is 288 g/mol. The summed E-state index contributed by atoms with van der Waals surface area (Å²) in [5, 5.41) is 7.36. The molecule has 0 saturated carbocycles. The van der Waals surface area contributed by atoms with Crippen molar-refractivity contribution in [1.82, 2.24) is 15.1 Å². The van der Waals surface area contributed by atoms with Crippen LogP contribution in [0.15, 0.2) is 48.8 Å². The Morgan fingerprint density at radius 1 is 1.26 bits per heavy atom. The molecule has 0 unspecified atom stereocenters. The van der Waals surface area contributed by atoms with Crippen LogP contribution in [-0.2, 0) is 11.3 Å². The molecule has 23 heavy (non-hydrogen) atoms. The number of para-hydroxylation sites is 1. The van der Waals surface area contributed by atoms with Crippen LogP contribution < -0.4 is 10.2 Å². The highest BCUT2D eigenvalue weighted by Crippen LogP contribution is 2.19. The SMILES string of the molecule is C[C@H](Cn1cccn1)C(=O)NC1CCN(c2ccccc2)CC1. The van der Waals surface area contributed by atoms with E-state index in [1.807, 2.05) is 29.9 Å². The van der Waals surface area contributed by atoms with Gasteiger partial charge < -0.3 is 10.2 Å². The van der Waals surface area contributed by atoms with Gasteiger partial charge >= 0.3 is 0 Å². The van der Waals surface area contributed by atoms with Gasteiger partial charge in [0.05, 0.1) is 12.5 Å². The minimum atomic E-state index is -0.0675. The molecule has 5 nitrogen and oxygen atoms in total. The van der Waals surface area contributed by atoms with Gasteiger partial charge in [0, 0.05) is 37.2 Å². The molecule has 1 fully saturated rings. The molecule has 1 aromatic heterocycles. The second-order valence-corrected chi connectivity index (χ2v) is 6.23. The molecule has 1 aliphatic rings. The lowest BCUT2D eigenvalue weighted by molar-refractivity contribution is -0.125. The van der Waals surface area contributed by atoms with Gasteiger partial charge in [-0.2, -0.15) is 5.10 Å². The number of hydrogen-bond donors (Lipinski definition) is 1. The van der Waals surface area contributed by atoms with Crippen LogP contribution >= 0.6 is 0 Å². The lowest BCUT2D eigenvalue weighted by atomic mass is 10.0. The Labute approximate surface area is 137 Å². The Balaban J connectivity index is 1.46. The van der Waals surface area contributed by atoms with E-state index in [0.717, 1.165) is 25.9 Å². The predicted molar refractivity (Wildman–Crippen MR) is 91.2 cm³/mol. The fraction of sp³-hybridized carbons (Fsp3) is 0.444. The van der Waals surface area contributed by atoms with E-state index < -0.39 is 0 Å². The number of anilines is 1. The standard InChI is InChI=1S/C18H24N4O/c1-15(14-22-11-5-10-19-22)18(23)20-16-8-12-21(13-9-16)17-6-3-2-4-7-17/h2-7,10-11,15-16H,8-9,12-14H2,1H3,(H,20,23)/t15-/m1/s1. The van der Waals surface area contributed by atoms with Crippen molar-refractivity contribution in [3.8, 4) is 0 Å². The number of benzene rings is 1. The zero-order valence-electron chi connectivity index (χ0n) is 13.6. The normalized spacial score (nSPS) is 17.0. The van der Waals surface area contributed by atoms with Crippen molar-refractivity contribution in [2.45, 2.75) is 32.4 Å². The molecule has 0 radical (unpaired) electrons. The zero-order chi connectivity index (χ0) is 16.1. The number of aromatic nitrogens is 2. The van der Waals surface area contributed by atoms with Crippen LogP contribution in [0.2, 0.25) is 0 Å². The third kappa shape index (κ3) is 4.12. The van der Waals surface area contributed by atoms with Crippen molar-refractivity contribution in [2.75, 3.05) is 18.0 Å². The van der Waals surface area contributed by atoms with E-state index in [1.165, 1.54) is 5.69 Å². The van der Waals surface area contributed by atoms with E-state index in [1.54, 1.807) is 6.20 Å². The summed E-state index contributed by atoms with van der Waals surface area (Å²) in [6.45, 7) is 4.56. The molecule has 1 atom stereocenters. The van der Waals surface area contributed by atoms with Gasteiger partial charge in [0.15, 0.2) is 0 Å². The molecule has 5 heteroatoms. The van der Waals surface area contributed by atoms with Crippen molar-refractivity contribution >= 4 is 11.6 Å². The third-order valence-electron chi connectivity index (χ3n) is 4.43. The van der Waals surface area contributed by atoms with Crippen LogP contribution in [-0.4, -0.2) is 34.8 Å². The van der Waals surface area contributed by atoms with E-state index in [-0.39, 0.29) is 17.9 Å². The summed E-state index contributed by atoms with van der Waals surface area (Å²) in [4.78, 5) is 14.7. The molecule has 122 valence electrons. The number of rotatable bonds is 5. The Hall–Kier alpha value is -2.30. The summed E-state index contributed by atoms with van der Waals surface area (Å²) in [5.41, 5.74) is 1.27. The average Bonchev–Trinajstić information content (AvgIpc) is 3.09. The average molecular weight is 312 g/mol. The van der Waals surface area contributed by atoms with Gasteiger partial charge in [0.1, 0.15) is 0 Å². The first kappa shape index (κ1) is 15.6. The molecular formula is C18H24N4O. The van der Waals surface area contributed by atoms with Crippen LogP contribution in [0.25, 0.3) is 0 Å². The molecule has 0 spiro atoms. The number of nitrogens with one attached hydrogen (secondary N) is 1. The largest absolute Gasteiger partial charge is 0.371 e. The van der Waals surface area contributed by atoms with Gasteiger partial charge in [0.25, 0.3) is 0 Å². The first-order valence-corrected chi connectivity index (χ1v) is 8.30. The molecule has 1 N–H and O–H groups in total. The van der Waals surface area contributed by atoms with Crippen LogP contribution in [0.4, 0.5) is 5.69 Å². The molecule has 1 saturated heterocycles. The van der Waals surface area contributed by atoms with E-state index in [0.29, 0.717) is 6.54 Å². The third-order valence-corrected chi connectivity index (χ3v) is 4.43. The predicted octanol–water partition coefficient (Wildman–Crippen LogP) is 2.30. The zero-order valence-corrected chi connectivity index (χ0v) is 13.6. The molecule has 3 rings (SSSR count). The van der Waals surface area contributed by atoms with E-state index in [9.17, 15) is 4.79 Å². The Bertz CT molecular complexity index is 603. The molecule has 2 heterocycles. The van der Waals surface area contributed by atoms with Crippen molar-refractivity contribution in [1.29, 1.82) is 0 Å². The molecule has 0 aliphatic carbocycles. The fourth-order valence-corrected chi connectivity index (χ4v) is 3.04. The van der Waals surface area contributed by atoms with Gasteiger partial charge in [-0.15, -0.1) is 0 Å². The van der Waals surface area contributed by atoms with Crippen molar-refractivity contribution < 1.29 is 4.79 Å². The maximum absolute atomic E-state index is 12.3. The summed E-state index contributed by atoms with van der Waals surface area (Å²) in [5.74, 6) is 0.0562. The Kier molecular flexibility index (Phi) is 4.95. The smallest absolute Gasteiger partial charge is 0.224 e. The minimum Gasteiger partial charge on any atom is -0.371 e. The Morgan fingerprint density at radius 3 is 2.65 bits per heavy atom. The van der Waals surface area contributed by atoms with Crippen molar-refractivity contribution in [2.24, 2.45) is 5.92 Å².